The van der Waals surface area contributed by atoms with Crippen molar-refractivity contribution in [3.8, 4) is 0 Å². The summed E-state index contributed by atoms with van der Waals surface area (Å²) in [5, 5.41) is 4.69. The number of thiocarbonyl (C=S) groups is 1. The standard InChI is InChI=1S/C16H12F4N2OS/c1-9-3-2-4-11(7-9)21-15(24)14(23)22-13-6-5-10(17)8-12(13)16(18,19)20/h2-8H,1H3,(H,21,24)(H,22,23). The number of carbonyl (C=O) groups excluding carboxylic acids is 1. The highest BCUT2D eigenvalue weighted by Gasteiger charge is 2.34. The number of anilines is 2. The van der Waals surface area contributed by atoms with Crippen LogP contribution in [0.15, 0.2) is 42.5 Å². The van der Waals surface area contributed by atoms with Gasteiger partial charge in [0.15, 0.2) is 4.99 Å². The van der Waals surface area contributed by atoms with E-state index in [2.05, 4.69) is 5.32 Å². The number of rotatable bonds is 2. The van der Waals surface area contributed by atoms with Gasteiger partial charge in [0.05, 0.1) is 11.3 Å². The summed E-state index contributed by atoms with van der Waals surface area (Å²) in [5.41, 5.74) is -0.400. The fraction of sp³-hybridized carbons (Fsp3) is 0.125. The van der Waals surface area contributed by atoms with Crippen molar-refractivity contribution < 1.29 is 22.4 Å². The SMILES string of the molecule is Cc1cccc(NC(=S)C(=O)Nc2ccc(F)cc2C(F)(F)F)c1. The first-order valence-corrected chi connectivity index (χ1v) is 7.13. The second-order valence-corrected chi connectivity index (χ2v) is 5.37. The van der Waals surface area contributed by atoms with Crippen LogP contribution in [0.1, 0.15) is 11.1 Å². The maximum atomic E-state index is 13.0. The van der Waals surface area contributed by atoms with Gasteiger partial charge in [0.1, 0.15) is 5.82 Å². The predicted octanol–water partition coefficient (Wildman–Crippen LogP) is 4.53. The first kappa shape index (κ1) is 17.9. The Balaban J connectivity index is 2.16. The molecule has 8 heteroatoms. The van der Waals surface area contributed by atoms with E-state index in [4.69, 9.17) is 12.2 Å². The second kappa shape index (κ2) is 6.96. The van der Waals surface area contributed by atoms with E-state index in [0.29, 0.717) is 11.8 Å². The fourth-order valence-corrected chi connectivity index (χ4v) is 2.12. The molecule has 2 rings (SSSR count). The summed E-state index contributed by atoms with van der Waals surface area (Å²) in [5.74, 6) is -1.98. The van der Waals surface area contributed by atoms with E-state index >= 15 is 0 Å². The molecule has 0 aliphatic rings. The van der Waals surface area contributed by atoms with Crippen molar-refractivity contribution in [2.24, 2.45) is 0 Å². The molecule has 126 valence electrons. The van der Waals surface area contributed by atoms with E-state index in [1.54, 1.807) is 18.2 Å². The Morgan fingerprint density at radius 2 is 1.79 bits per heavy atom. The molecule has 0 spiro atoms. The lowest BCUT2D eigenvalue weighted by atomic mass is 10.1. The Labute approximate surface area is 140 Å². The van der Waals surface area contributed by atoms with Gasteiger partial charge < -0.3 is 10.6 Å². The van der Waals surface area contributed by atoms with Crippen LogP contribution in [-0.4, -0.2) is 10.9 Å². The highest BCUT2D eigenvalue weighted by atomic mass is 32.1. The molecule has 0 bridgehead atoms. The van der Waals surface area contributed by atoms with Crippen molar-refractivity contribution >= 4 is 34.5 Å². The van der Waals surface area contributed by atoms with E-state index in [1.165, 1.54) is 0 Å². The monoisotopic (exact) mass is 356 g/mol. The Morgan fingerprint density at radius 1 is 1.08 bits per heavy atom. The van der Waals surface area contributed by atoms with Gasteiger partial charge in [-0.15, -0.1) is 0 Å². The minimum absolute atomic E-state index is 0.307. The summed E-state index contributed by atoms with van der Waals surface area (Å²) in [4.78, 5) is 11.7. The van der Waals surface area contributed by atoms with Gasteiger partial charge in [-0.2, -0.15) is 13.2 Å². The lowest BCUT2D eigenvalue weighted by molar-refractivity contribution is -0.137. The molecule has 2 aromatic rings. The van der Waals surface area contributed by atoms with E-state index in [9.17, 15) is 22.4 Å². The molecule has 0 unspecified atom stereocenters. The average molecular weight is 356 g/mol. The lowest BCUT2D eigenvalue weighted by Gasteiger charge is -2.14. The third-order valence-electron chi connectivity index (χ3n) is 3.02. The Bertz CT molecular complexity index is 790. The molecule has 0 aliphatic heterocycles. The molecule has 0 fully saturated rings. The molecule has 2 aromatic carbocycles. The molecule has 0 saturated carbocycles. The molecule has 2 N–H and O–H groups in total. The zero-order chi connectivity index (χ0) is 17.9. The minimum Gasteiger partial charge on any atom is -0.342 e. The van der Waals surface area contributed by atoms with Crippen LogP contribution in [0.25, 0.3) is 0 Å². The number of carbonyl (C=O) groups is 1. The van der Waals surface area contributed by atoms with Crippen molar-refractivity contribution in [2.75, 3.05) is 10.6 Å². The molecule has 3 nitrogen and oxygen atoms in total. The summed E-state index contributed by atoms with van der Waals surface area (Å²) >= 11 is 4.89. The number of halogens is 4. The van der Waals surface area contributed by atoms with Crippen molar-refractivity contribution in [1.29, 1.82) is 0 Å². The predicted molar refractivity (Wildman–Crippen MR) is 87.4 cm³/mol. The Hall–Kier alpha value is -2.48. The molecule has 0 aromatic heterocycles. The van der Waals surface area contributed by atoms with Gasteiger partial charge in [0.2, 0.25) is 0 Å². The third kappa shape index (κ3) is 4.51. The summed E-state index contributed by atoms with van der Waals surface area (Å²) in [6.45, 7) is 1.84. The molecule has 0 aliphatic carbocycles. The number of hydrogen-bond donors (Lipinski definition) is 2. The molecule has 0 saturated heterocycles. The van der Waals surface area contributed by atoms with Gasteiger partial charge in [-0.3, -0.25) is 4.79 Å². The zero-order valence-corrected chi connectivity index (χ0v) is 13.2. The summed E-state index contributed by atoms with van der Waals surface area (Å²) in [7, 11) is 0. The fourth-order valence-electron chi connectivity index (χ4n) is 1.95. The van der Waals surface area contributed by atoms with Crippen LogP contribution in [0.2, 0.25) is 0 Å². The van der Waals surface area contributed by atoms with Crippen LogP contribution < -0.4 is 10.6 Å². The Morgan fingerprint density at radius 3 is 2.42 bits per heavy atom. The molecule has 1 amide bonds. The molecule has 0 radical (unpaired) electrons. The van der Waals surface area contributed by atoms with Gasteiger partial charge in [0.25, 0.3) is 5.91 Å². The molecule has 0 atom stereocenters. The average Bonchev–Trinajstić information content (AvgIpc) is 2.48. The van der Waals surface area contributed by atoms with Gasteiger partial charge in [-0.05, 0) is 42.8 Å². The highest BCUT2D eigenvalue weighted by molar-refractivity contribution is 7.82. The summed E-state index contributed by atoms with van der Waals surface area (Å²) < 4.78 is 51.8. The van der Waals surface area contributed by atoms with Gasteiger partial charge >= 0.3 is 6.18 Å². The molecular weight excluding hydrogens is 344 g/mol. The lowest BCUT2D eigenvalue weighted by Crippen LogP contribution is -2.28. The molecular formula is C16H12F4N2OS. The number of amides is 1. The van der Waals surface area contributed by atoms with Crippen molar-refractivity contribution in [3.63, 3.8) is 0 Å². The van der Waals surface area contributed by atoms with Gasteiger partial charge in [-0.1, -0.05) is 24.4 Å². The summed E-state index contributed by atoms with van der Waals surface area (Å²) in [6, 6.07) is 8.92. The summed E-state index contributed by atoms with van der Waals surface area (Å²) in [6.07, 6.45) is -4.81. The first-order chi connectivity index (χ1) is 11.2. The van der Waals surface area contributed by atoms with E-state index < -0.39 is 29.2 Å². The van der Waals surface area contributed by atoms with Crippen LogP contribution in [0.3, 0.4) is 0 Å². The van der Waals surface area contributed by atoms with Crippen LogP contribution in [0.4, 0.5) is 28.9 Å². The first-order valence-electron chi connectivity index (χ1n) is 6.72. The third-order valence-corrected chi connectivity index (χ3v) is 3.30. The van der Waals surface area contributed by atoms with E-state index in [1.807, 2.05) is 18.3 Å². The maximum Gasteiger partial charge on any atom is 0.418 e. The van der Waals surface area contributed by atoms with Crippen molar-refractivity contribution in [2.45, 2.75) is 13.1 Å². The van der Waals surface area contributed by atoms with Gasteiger partial charge in [-0.25, -0.2) is 4.39 Å². The van der Waals surface area contributed by atoms with Crippen LogP contribution in [0, 0.1) is 12.7 Å². The largest absolute Gasteiger partial charge is 0.418 e. The smallest absolute Gasteiger partial charge is 0.342 e. The van der Waals surface area contributed by atoms with Crippen LogP contribution in [-0.2, 0) is 11.0 Å². The van der Waals surface area contributed by atoms with Crippen molar-refractivity contribution in [1.82, 2.24) is 0 Å². The number of nitrogens with one attached hydrogen (secondary N) is 2. The quantitative estimate of drug-likeness (QED) is 0.614. The van der Waals surface area contributed by atoms with Crippen LogP contribution in [0.5, 0.6) is 0 Å². The van der Waals surface area contributed by atoms with Gasteiger partial charge in [0, 0.05) is 5.69 Å². The number of benzene rings is 2. The maximum absolute atomic E-state index is 13.0. The van der Waals surface area contributed by atoms with E-state index in [0.717, 1.165) is 17.7 Å². The molecule has 24 heavy (non-hydrogen) atoms. The number of aryl methyl sites for hydroxylation is 1. The van der Waals surface area contributed by atoms with Crippen molar-refractivity contribution in [3.05, 3.63) is 59.4 Å². The number of hydrogen-bond acceptors (Lipinski definition) is 2. The second-order valence-electron chi connectivity index (χ2n) is 4.97. The topological polar surface area (TPSA) is 41.1 Å². The molecule has 0 heterocycles. The van der Waals surface area contributed by atoms with Crippen LogP contribution >= 0.6 is 12.2 Å². The normalized spacial score (nSPS) is 11.0. The Kier molecular flexibility index (Phi) is 5.18. The number of alkyl halides is 3. The van der Waals surface area contributed by atoms with E-state index in [-0.39, 0.29) is 4.99 Å². The zero-order valence-electron chi connectivity index (χ0n) is 12.4. The highest BCUT2D eigenvalue weighted by Crippen LogP contribution is 2.35. The minimum atomic E-state index is -4.81.